The number of hydrogen-bond donors (Lipinski definition) is 2. The third-order valence-electron chi connectivity index (χ3n) is 6.47. The molecule has 1 aliphatic carbocycles. The molecule has 0 spiro atoms. The number of aromatic nitrogens is 1. The number of hydrogen-bond acceptors (Lipinski definition) is 3. The Morgan fingerprint density at radius 3 is 2.31 bits per heavy atom. The predicted octanol–water partition coefficient (Wildman–Crippen LogP) is 3.78. The van der Waals surface area contributed by atoms with E-state index in [9.17, 15) is 14.4 Å². The Kier molecular flexibility index (Phi) is 7.14. The molecule has 3 rings (SSSR count). The molecule has 2 aliphatic rings. The average Bonchev–Trinajstić information content (AvgIpc) is 3.05. The summed E-state index contributed by atoms with van der Waals surface area (Å²) in [4.78, 5) is 42.8. The zero-order valence-electron chi connectivity index (χ0n) is 18.1. The second-order valence-electron chi connectivity index (χ2n) is 8.69. The Labute approximate surface area is 173 Å². The van der Waals surface area contributed by atoms with E-state index in [4.69, 9.17) is 0 Å². The van der Waals surface area contributed by atoms with Crippen LogP contribution in [0.15, 0.2) is 0 Å². The third-order valence-corrected chi connectivity index (χ3v) is 6.47. The van der Waals surface area contributed by atoms with Crippen molar-refractivity contribution in [3.8, 4) is 0 Å². The molecule has 0 unspecified atom stereocenters. The monoisotopic (exact) mass is 401 g/mol. The molecule has 2 fully saturated rings. The van der Waals surface area contributed by atoms with Gasteiger partial charge in [0.25, 0.3) is 5.91 Å². The standard InChI is InChI=1S/C23H35N3O3/c1-4-8-19-20(16(3)27)15(2)24-21(19)22(28)25-18-11-13-26(14-12-18)23(29)17-9-6-5-7-10-17/h17-18,24H,4-14H2,1-3H3,(H,25,28). The van der Waals surface area contributed by atoms with Gasteiger partial charge in [0.1, 0.15) is 5.69 Å². The van der Waals surface area contributed by atoms with Gasteiger partial charge in [-0.3, -0.25) is 14.4 Å². The number of carbonyl (C=O) groups is 3. The Morgan fingerprint density at radius 1 is 1.07 bits per heavy atom. The van der Waals surface area contributed by atoms with E-state index in [-0.39, 0.29) is 23.7 Å². The van der Waals surface area contributed by atoms with Crippen LogP contribution < -0.4 is 5.32 Å². The molecule has 1 saturated carbocycles. The quantitative estimate of drug-likeness (QED) is 0.712. The van der Waals surface area contributed by atoms with Crippen LogP contribution in [0, 0.1) is 12.8 Å². The molecule has 6 nitrogen and oxygen atoms in total. The number of likely N-dealkylation sites (tertiary alicyclic amines) is 1. The minimum Gasteiger partial charge on any atom is -0.354 e. The highest BCUT2D eigenvalue weighted by atomic mass is 16.2. The SMILES string of the molecule is CCCc1c(C(=O)NC2CCN(C(=O)C3CCCCC3)CC2)[nH]c(C)c1C(C)=O. The molecule has 6 heteroatoms. The zero-order valence-corrected chi connectivity index (χ0v) is 18.1. The van der Waals surface area contributed by atoms with Crippen LogP contribution in [0.1, 0.15) is 97.3 Å². The first-order chi connectivity index (χ1) is 13.9. The fourth-order valence-corrected chi connectivity index (χ4v) is 4.96. The van der Waals surface area contributed by atoms with Crippen molar-refractivity contribution in [3.05, 3.63) is 22.5 Å². The lowest BCUT2D eigenvalue weighted by molar-refractivity contribution is -0.137. The molecule has 160 valence electrons. The van der Waals surface area contributed by atoms with Gasteiger partial charge in [0.15, 0.2) is 5.78 Å². The first-order valence-corrected chi connectivity index (χ1v) is 11.2. The normalized spacial score (nSPS) is 18.7. The smallest absolute Gasteiger partial charge is 0.268 e. The summed E-state index contributed by atoms with van der Waals surface area (Å²) in [6.45, 7) is 6.88. The van der Waals surface area contributed by atoms with E-state index in [0.29, 0.717) is 36.7 Å². The van der Waals surface area contributed by atoms with Crippen LogP contribution in [0.5, 0.6) is 0 Å². The molecule has 2 heterocycles. The van der Waals surface area contributed by atoms with Gasteiger partial charge in [-0.05, 0) is 51.5 Å². The second kappa shape index (κ2) is 9.59. The zero-order chi connectivity index (χ0) is 21.0. The van der Waals surface area contributed by atoms with Crippen LogP contribution in [0.4, 0.5) is 0 Å². The maximum atomic E-state index is 12.9. The number of rotatable bonds is 6. The van der Waals surface area contributed by atoms with Crippen LogP contribution >= 0.6 is 0 Å². The van der Waals surface area contributed by atoms with E-state index < -0.39 is 0 Å². The van der Waals surface area contributed by atoms with Crippen molar-refractivity contribution in [1.29, 1.82) is 0 Å². The van der Waals surface area contributed by atoms with Gasteiger partial charge < -0.3 is 15.2 Å². The largest absolute Gasteiger partial charge is 0.354 e. The molecule has 0 radical (unpaired) electrons. The second-order valence-corrected chi connectivity index (χ2v) is 8.69. The summed E-state index contributed by atoms with van der Waals surface area (Å²) in [6, 6.07) is 0.0665. The lowest BCUT2D eigenvalue weighted by Crippen LogP contribution is -2.48. The number of aryl methyl sites for hydroxylation is 1. The molecule has 0 aromatic carbocycles. The maximum absolute atomic E-state index is 12.9. The van der Waals surface area contributed by atoms with Crippen molar-refractivity contribution in [1.82, 2.24) is 15.2 Å². The van der Waals surface area contributed by atoms with E-state index in [0.717, 1.165) is 43.4 Å². The fraction of sp³-hybridized carbons (Fsp3) is 0.696. The van der Waals surface area contributed by atoms with E-state index in [1.807, 2.05) is 18.7 Å². The van der Waals surface area contributed by atoms with Crippen molar-refractivity contribution in [2.45, 2.75) is 84.6 Å². The number of piperidine rings is 1. The predicted molar refractivity (Wildman–Crippen MR) is 113 cm³/mol. The third kappa shape index (κ3) is 4.90. The van der Waals surface area contributed by atoms with Crippen molar-refractivity contribution in [3.63, 3.8) is 0 Å². The van der Waals surface area contributed by atoms with Gasteiger partial charge in [-0.2, -0.15) is 0 Å². The van der Waals surface area contributed by atoms with Crippen molar-refractivity contribution >= 4 is 17.6 Å². The molecule has 1 aliphatic heterocycles. The molecular weight excluding hydrogens is 366 g/mol. The summed E-state index contributed by atoms with van der Waals surface area (Å²) >= 11 is 0. The lowest BCUT2D eigenvalue weighted by Gasteiger charge is -2.35. The Morgan fingerprint density at radius 2 is 1.72 bits per heavy atom. The highest BCUT2D eigenvalue weighted by Gasteiger charge is 2.30. The Balaban J connectivity index is 1.59. The fourth-order valence-electron chi connectivity index (χ4n) is 4.96. The highest BCUT2D eigenvalue weighted by molar-refractivity contribution is 6.02. The number of aromatic amines is 1. The van der Waals surface area contributed by atoms with Crippen LogP contribution in [0.3, 0.4) is 0 Å². The van der Waals surface area contributed by atoms with Crippen molar-refractivity contribution < 1.29 is 14.4 Å². The molecule has 0 atom stereocenters. The molecule has 2 amide bonds. The topological polar surface area (TPSA) is 82.3 Å². The molecule has 0 bridgehead atoms. The van der Waals surface area contributed by atoms with Gasteiger partial charge in [0.2, 0.25) is 5.91 Å². The molecule has 1 saturated heterocycles. The maximum Gasteiger partial charge on any atom is 0.268 e. The summed E-state index contributed by atoms with van der Waals surface area (Å²) in [5.41, 5.74) is 2.78. The molecule has 1 aromatic rings. The first-order valence-electron chi connectivity index (χ1n) is 11.2. The molecule has 29 heavy (non-hydrogen) atoms. The van der Waals surface area contributed by atoms with Gasteiger partial charge in [-0.15, -0.1) is 0 Å². The molecular formula is C23H35N3O3. The van der Waals surface area contributed by atoms with Crippen LogP contribution in [-0.4, -0.2) is 46.6 Å². The number of carbonyl (C=O) groups excluding carboxylic acids is 3. The minimum atomic E-state index is -0.138. The highest BCUT2D eigenvalue weighted by Crippen LogP contribution is 2.27. The van der Waals surface area contributed by atoms with E-state index in [2.05, 4.69) is 10.3 Å². The number of nitrogens with zero attached hydrogens (tertiary/aromatic N) is 1. The lowest BCUT2D eigenvalue weighted by atomic mass is 9.87. The van der Waals surface area contributed by atoms with Gasteiger partial charge in [-0.1, -0.05) is 32.6 Å². The van der Waals surface area contributed by atoms with Crippen molar-refractivity contribution in [2.24, 2.45) is 5.92 Å². The van der Waals surface area contributed by atoms with E-state index >= 15 is 0 Å². The van der Waals surface area contributed by atoms with Crippen molar-refractivity contribution in [2.75, 3.05) is 13.1 Å². The van der Waals surface area contributed by atoms with Crippen LogP contribution in [0.25, 0.3) is 0 Å². The Hall–Kier alpha value is -2.11. The summed E-state index contributed by atoms with van der Waals surface area (Å²) in [6.07, 6.45) is 8.79. The van der Waals surface area contributed by atoms with Gasteiger partial charge in [0, 0.05) is 36.3 Å². The summed E-state index contributed by atoms with van der Waals surface area (Å²) in [7, 11) is 0. The number of Topliss-reactive ketones (excluding diaryl/α,β-unsaturated/α-hetero) is 1. The van der Waals surface area contributed by atoms with Crippen LogP contribution in [-0.2, 0) is 11.2 Å². The molecule has 2 N–H and O–H groups in total. The summed E-state index contributed by atoms with van der Waals surface area (Å²) < 4.78 is 0. The van der Waals surface area contributed by atoms with Gasteiger partial charge in [0.05, 0.1) is 0 Å². The van der Waals surface area contributed by atoms with Gasteiger partial charge >= 0.3 is 0 Å². The number of H-pyrrole nitrogens is 1. The first kappa shape index (κ1) is 21.6. The van der Waals surface area contributed by atoms with Gasteiger partial charge in [-0.25, -0.2) is 0 Å². The number of nitrogens with one attached hydrogen (secondary N) is 2. The minimum absolute atomic E-state index is 0.00390. The van der Waals surface area contributed by atoms with Crippen LogP contribution in [0.2, 0.25) is 0 Å². The summed E-state index contributed by atoms with van der Waals surface area (Å²) in [5, 5.41) is 3.13. The number of amides is 2. The Bertz CT molecular complexity index is 754. The number of ketones is 1. The molecule has 1 aromatic heterocycles. The summed E-state index contributed by atoms with van der Waals surface area (Å²) in [5.74, 6) is 0.376. The van der Waals surface area contributed by atoms with E-state index in [1.54, 1.807) is 6.92 Å². The van der Waals surface area contributed by atoms with E-state index in [1.165, 1.54) is 19.3 Å². The average molecular weight is 402 g/mol.